The number of likely N-dealkylation sites (tertiary alicyclic amines) is 1. The number of amidine groups is 1. The Labute approximate surface area is 241 Å². The van der Waals surface area contributed by atoms with Gasteiger partial charge in [-0.05, 0) is 69.3 Å². The molecule has 0 radical (unpaired) electrons. The molecule has 0 bridgehead atoms. The van der Waals surface area contributed by atoms with Crippen molar-refractivity contribution in [2.45, 2.75) is 84.5 Å². The second kappa shape index (κ2) is 11.5. The number of ether oxygens (including phenoxy) is 1. The Bertz CT molecular complexity index is 1460. The van der Waals surface area contributed by atoms with Crippen LogP contribution in [0.3, 0.4) is 0 Å². The highest BCUT2D eigenvalue weighted by Crippen LogP contribution is 2.39. The summed E-state index contributed by atoms with van der Waals surface area (Å²) in [4.78, 5) is 15.2. The number of rotatable bonds is 6. The molecule has 1 saturated heterocycles. The smallest absolute Gasteiger partial charge is 0.320 e. The van der Waals surface area contributed by atoms with Crippen LogP contribution in [0.1, 0.15) is 95.4 Å². The minimum absolute atomic E-state index is 0.0306. The summed E-state index contributed by atoms with van der Waals surface area (Å²) in [7, 11) is 0. The predicted molar refractivity (Wildman–Crippen MR) is 158 cm³/mol. The Hall–Kier alpha value is -3.92. The number of fused-ring (bicyclic) bond motifs is 2. The van der Waals surface area contributed by atoms with Gasteiger partial charge in [0.25, 0.3) is 0 Å². The van der Waals surface area contributed by atoms with Gasteiger partial charge in [-0.15, -0.1) is 10.2 Å². The molecule has 41 heavy (non-hydrogen) atoms. The lowest BCUT2D eigenvalue weighted by Crippen LogP contribution is -2.42. The number of aromatic nitrogens is 3. The van der Waals surface area contributed by atoms with E-state index in [1.165, 1.54) is 6.08 Å². The van der Waals surface area contributed by atoms with Gasteiger partial charge < -0.3 is 15.2 Å². The molecule has 218 valence electrons. The summed E-state index contributed by atoms with van der Waals surface area (Å²) in [6.07, 6.45) is 6.69. The Morgan fingerprint density at radius 3 is 2.61 bits per heavy atom. The van der Waals surface area contributed by atoms with Crippen molar-refractivity contribution in [3.63, 3.8) is 0 Å². The number of carbonyl (C=O) groups is 1. The highest BCUT2D eigenvalue weighted by molar-refractivity contribution is 6.02. The monoisotopic (exact) mass is 559 g/mol. The third kappa shape index (κ3) is 6.22. The lowest BCUT2D eigenvalue weighted by molar-refractivity contribution is 0.170. The second-order valence-corrected chi connectivity index (χ2v) is 12.3. The summed E-state index contributed by atoms with van der Waals surface area (Å²) >= 11 is 0. The van der Waals surface area contributed by atoms with Crippen LogP contribution in [0.2, 0.25) is 0 Å². The molecule has 3 atom stereocenters. The van der Waals surface area contributed by atoms with Gasteiger partial charge >= 0.3 is 6.03 Å². The Kier molecular flexibility index (Phi) is 8.04. The Balaban J connectivity index is 1.30. The second-order valence-electron chi connectivity index (χ2n) is 12.3. The van der Waals surface area contributed by atoms with Crippen LogP contribution in [-0.4, -0.2) is 49.1 Å². The standard InChI is InChI=1S/C31H41N7O3/c1-19(2)37-16-8-11-24(37)29-36-35-28-15-12-20(18-38(28)29)41-25-14-13-23(21-9-6-7-10-22(21)25)33-30(40)34-27(32)17-26(39)31(3,4)5/h6-7,9-10,12,15,17-19,23-25,39H,8,11,13-14,16H2,1-5H3,(H3,32,33,34,40)/b26-17-/t23-,24-,25+/m0/s1. The van der Waals surface area contributed by atoms with Crippen molar-refractivity contribution in [2.24, 2.45) is 5.41 Å². The highest BCUT2D eigenvalue weighted by atomic mass is 16.5. The first-order valence-electron chi connectivity index (χ1n) is 14.4. The van der Waals surface area contributed by atoms with Gasteiger partial charge in [0.15, 0.2) is 11.5 Å². The number of aliphatic hydroxyl groups is 1. The van der Waals surface area contributed by atoms with Crippen LogP contribution in [-0.2, 0) is 0 Å². The SMILES string of the molecule is CC(C)N1CCC[C@H]1c1nnc2ccc(O[C@@H]3CC[C@H](NC(=O)NC(=N)/C=C(\O)C(C)(C)C)c4ccccc43)cn12. The van der Waals surface area contributed by atoms with Crippen molar-refractivity contribution in [3.05, 3.63) is 71.4 Å². The Morgan fingerprint density at radius 2 is 1.88 bits per heavy atom. The van der Waals surface area contributed by atoms with Crippen molar-refractivity contribution in [2.75, 3.05) is 6.54 Å². The molecule has 3 heterocycles. The van der Waals surface area contributed by atoms with E-state index in [9.17, 15) is 9.90 Å². The van der Waals surface area contributed by atoms with E-state index in [1.54, 1.807) is 0 Å². The summed E-state index contributed by atoms with van der Waals surface area (Å²) in [6.45, 7) is 11.0. The van der Waals surface area contributed by atoms with E-state index in [0.717, 1.165) is 47.7 Å². The van der Waals surface area contributed by atoms with Crippen molar-refractivity contribution in [3.8, 4) is 5.75 Å². The molecule has 2 aliphatic rings. The molecule has 1 aliphatic carbocycles. The van der Waals surface area contributed by atoms with Gasteiger partial charge in [0, 0.05) is 17.5 Å². The van der Waals surface area contributed by atoms with Gasteiger partial charge in [-0.25, -0.2) is 4.79 Å². The number of aliphatic hydroxyl groups excluding tert-OH is 1. The molecular weight excluding hydrogens is 518 g/mol. The third-order valence-corrected chi connectivity index (χ3v) is 7.97. The molecule has 0 saturated carbocycles. The van der Waals surface area contributed by atoms with E-state index in [0.29, 0.717) is 18.9 Å². The molecule has 3 aromatic rings. The summed E-state index contributed by atoms with van der Waals surface area (Å²) in [5.74, 6) is 1.56. The zero-order chi connectivity index (χ0) is 29.3. The number of nitrogens with one attached hydrogen (secondary N) is 3. The molecule has 2 amide bonds. The molecule has 2 aromatic heterocycles. The maximum absolute atomic E-state index is 12.7. The number of urea groups is 1. The fourth-order valence-corrected chi connectivity index (χ4v) is 5.76. The number of hydrogen-bond acceptors (Lipinski definition) is 7. The van der Waals surface area contributed by atoms with Gasteiger partial charge in [0.1, 0.15) is 23.4 Å². The molecule has 0 spiro atoms. The quantitative estimate of drug-likeness (QED) is 0.167. The normalized spacial score (nSPS) is 21.6. The zero-order valence-corrected chi connectivity index (χ0v) is 24.5. The third-order valence-electron chi connectivity index (χ3n) is 7.97. The van der Waals surface area contributed by atoms with Gasteiger partial charge in [0.2, 0.25) is 0 Å². The van der Waals surface area contributed by atoms with Crippen LogP contribution in [0.15, 0.2) is 54.4 Å². The number of benzene rings is 1. The van der Waals surface area contributed by atoms with E-state index in [1.807, 2.05) is 63.4 Å². The van der Waals surface area contributed by atoms with E-state index >= 15 is 0 Å². The van der Waals surface area contributed by atoms with E-state index < -0.39 is 11.4 Å². The molecule has 0 unspecified atom stereocenters. The van der Waals surface area contributed by atoms with Gasteiger partial charge in [-0.3, -0.25) is 20.0 Å². The largest absolute Gasteiger partial charge is 0.512 e. The average molecular weight is 560 g/mol. The zero-order valence-electron chi connectivity index (χ0n) is 24.5. The number of carbonyl (C=O) groups excluding carboxylic acids is 1. The maximum atomic E-state index is 12.7. The van der Waals surface area contributed by atoms with Gasteiger partial charge in [-0.1, -0.05) is 45.0 Å². The lowest BCUT2D eigenvalue weighted by Gasteiger charge is -2.32. The number of amides is 2. The van der Waals surface area contributed by atoms with E-state index in [-0.39, 0.29) is 29.8 Å². The fraction of sp³-hybridized carbons (Fsp3) is 0.484. The molecule has 1 aliphatic heterocycles. The summed E-state index contributed by atoms with van der Waals surface area (Å²) in [5.41, 5.74) is 2.31. The van der Waals surface area contributed by atoms with Crippen molar-refractivity contribution >= 4 is 17.5 Å². The van der Waals surface area contributed by atoms with Crippen molar-refractivity contribution in [1.82, 2.24) is 30.1 Å². The van der Waals surface area contributed by atoms with Crippen LogP contribution in [0.4, 0.5) is 4.79 Å². The van der Waals surface area contributed by atoms with Crippen LogP contribution < -0.4 is 15.4 Å². The molecule has 10 heteroatoms. The molecular formula is C31H41N7O3. The van der Waals surface area contributed by atoms with E-state index in [2.05, 4.69) is 44.0 Å². The molecule has 1 fully saturated rings. The number of hydrogen-bond donors (Lipinski definition) is 4. The summed E-state index contributed by atoms with van der Waals surface area (Å²) < 4.78 is 8.62. The van der Waals surface area contributed by atoms with Crippen LogP contribution >= 0.6 is 0 Å². The Morgan fingerprint density at radius 1 is 1.12 bits per heavy atom. The fourth-order valence-electron chi connectivity index (χ4n) is 5.76. The van der Waals surface area contributed by atoms with Crippen LogP contribution in [0.5, 0.6) is 5.75 Å². The van der Waals surface area contributed by atoms with Crippen molar-refractivity contribution in [1.29, 1.82) is 5.41 Å². The molecule has 1 aromatic carbocycles. The molecule has 10 nitrogen and oxygen atoms in total. The number of pyridine rings is 1. The average Bonchev–Trinajstić information content (AvgIpc) is 3.56. The lowest BCUT2D eigenvalue weighted by atomic mass is 9.85. The van der Waals surface area contributed by atoms with Gasteiger partial charge in [0.05, 0.1) is 18.3 Å². The van der Waals surface area contributed by atoms with Crippen molar-refractivity contribution < 1.29 is 14.6 Å². The van der Waals surface area contributed by atoms with Crippen LogP contribution in [0, 0.1) is 10.8 Å². The first-order valence-corrected chi connectivity index (χ1v) is 14.4. The highest BCUT2D eigenvalue weighted by Gasteiger charge is 2.32. The number of nitrogens with zero attached hydrogens (tertiary/aromatic N) is 4. The molecule has 5 rings (SSSR count). The topological polar surface area (TPSA) is 128 Å². The number of allylic oxidation sites excluding steroid dienone is 1. The maximum Gasteiger partial charge on any atom is 0.320 e. The van der Waals surface area contributed by atoms with Gasteiger partial charge in [-0.2, -0.15) is 0 Å². The summed E-state index contributed by atoms with van der Waals surface area (Å²) in [5, 5.41) is 32.7. The van der Waals surface area contributed by atoms with E-state index in [4.69, 9.17) is 10.1 Å². The predicted octanol–water partition coefficient (Wildman–Crippen LogP) is 5.99. The first kappa shape index (κ1) is 28.6. The summed E-state index contributed by atoms with van der Waals surface area (Å²) in [6, 6.07) is 11.8. The minimum Gasteiger partial charge on any atom is -0.512 e. The first-order chi connectivity index (χ1) is 19.5. The molecule has 4 N–H and O–H groups in total. The minimum atomic E-state index is -0.507. The van der Waals surface area contributed by atoms with Crippen LogP contribution in [0.25, 0.3) is 5.65 Å².